The van der Waals surface area contributed by atoms with Crippen LogP contribution in [0.5, 0.6) is 5.75 Å². The third-order valence-electron chi connectivity index (χ3n) is 4.57. The summed E-state index contributed by atoms with van der Waals surface area (Å²) in [5.41, 5.74) is 7.05. The minimum Gasteiger partial charge on any atom is -0.493 e. The second-order valence-corrected chi connectivity index (χ2v) is 7.42. The van der Waals surface area contributed by atoms with Gasteiger partial charge in [-0.25, -0.2) is 13.9 Å². The first-order chi connectivity index (χ1) is 12.5. The van der Waals surface area contributed by atoms with Gasteiger partial charge in [-0.15, -0.1) is 5.10 Å². The van der Waals surface area contributed by atoms with Gasteiger partial charge in [0.2, 0.25) is 10.1 Å². The maximum Gasteiger partial charge on any atom is 0.214 e. The molecule has 2 aromatic heterocycles. The van der Waals surface area contributed by atoms with Gasteiger partial charge < -0.3 is 20.5 Å². The predicted molar refractivity (Wildman–Crippen MR) is 98.3 cm³/mol. The molecule has 1 unspecified atom stereocenters. The normalized spacial score (nSPS) is 20.2. The highest BCUT2D eigenvalue weighted by Crippen LogP contribution is 2.35. The molecule has 0 radical (unpaired) electrons. The van der Waals surface area contributed by atoms with E-state index in [9.17, 15) is 9.50 Å². The van der Waals surface area contributed by atoms with Crippen LogP contribution >= 0.6 is 11.3 Å². The van der Waals surface area contributed by atoms with Crippen LogP contribution in [0, 0.1) is 5.82 Å². The number of benzene rings is 1. The second-order valence-electron chi connectivity index (χ2n) is 6.49. The van der Waals surface area contributed by atoms with Crippen LogP contribution in [0.25, 0.3) is 16.2 Å². The van der Waals surface area contributed by atoms with Crippen molar-refractivity contribution in [2.75, 3.05) is 31.2 Å². The molecule has 1 atom stereocenters. The van der Waals surface area contributed by atoms with Crippen molar-refractivity contribution in [1.82, 2.24) is 14.6 Å². The second kappa shape index (κ2) is 6.49. The van der Waals surface area contributed by atoms with Crippen LogP contribution in [0.1, 0.15) is 13.3 Å². The molecular formula is C17H20FN5O2S. The van der Waals surface area contributed by atoms with E-state index in [1.165, 1.54) is 23.5 Å². The zero-order chi connectivity index (χ0) is 18.3. The van der Waals surface area contributed by atoms with Gasteiger partial charge in [0.05, 0.1) is 30.6 Å². The molecule has 7 nitrogen and oxygen atoms in total. The van der Waals surface area contributed by atoms with Crippen molar-refractivity contribution in [1.29, 1.82) is 0 Å². The molecule has 1 aliphatic heterocycles. The lowest BCUT2D eigenvalue weighted by Crippen LogP contribution is -2.46. The Bertz CT molecular complexity index is 943. The number of aliphatic hydroxyl groups excluding tert-OH is 1. The van der Waals surface area contributed by atoms with E-state index in [-0.39, 0.29) is 12.4 Å². The third-order valence-corrected chi connectivity index (χ3v) is 5.55. The van der Waals surface area contributed by atoms with E-state index in [4.69, 9.17) is 10.5 Å². The minimum atomic E-state index is -0.588. The molecule has 0 bridgehead atoms. The molecule has 3 heterocycles. The number of aliphatic hydroxyl groups is 1. The molecule has 0 spiro atoms. The smallest absolute Gasteiger partial charge is 0.214 e. The standard InChI is InChI=1S/C17H20FN5O2S/c1-2-25-14-7-11(18)3-4-12(14)13-8-20-15-23(13)21-16(26-15)22-6-5-17(19,9-22)10-24/h3-4,7-8,24H,2,5-6,9-10,19H2,1H3. The number of fused-ring (bicyclic) bond motifs is 1. The van der Waals surface area contributed by atoms with Crippen molar-refractivity contribution in [3.05, 3.63) is 30.2 Å². The number of nitrogens with zero attached hydrogens (tertiary/aromatic N) is 4. The summed E-state index contributed by atoms with van der Waals surface area (Å²) >= 11 is 1.46. The number of halogens is 1. The van der Waals surface area contributed by atoms with Crippen LogP contribution in [0.3, 0.4) is 0 Å². The van der Waals surface area contributed by atoms with Crippen molar-refractivity contribution in [3.8, 4) is 17.0 Å². The van der Waals surface area contributed by atoms with E-state index in [0.717, 1.165) is 27.9 Å². The fraction of sp³-hybridized carbons (Fsp3) is 0.412. The molecule has 1 aromatic carbocycles. The predicted octanol–water partition coefficient (Wildman–Crippen LogP) is 1.90. The molecule has 1 fully saturated rings. The number of ether oxygens (including phenoxy) is 1. The van der Waals surface area contributed by atoms with E-state index < -0.39 is 5.54 Å². The van der Waals surface area contributed by atoms with Crippen molar-refractivity contribution < 1.29 is 14.2 Å². The highest BCUT2D eigenvalue weighted by Gasteiger charge is 2.35. The lowest BCUT2D eigenvalue weighted by atomic mass is 10.0. The lowest BCUT2D eigenvalue weighted by Gasteiger charge is -2.21. The van der Waals surface area contributed by atoms with E-state index in [1.807, 2.05) is 6.92 Å². The highest BCUT2D eigenvalue weighted by molar-refractivity contribution is 7.20. The zero-order valence-corrected chi connectivity index (χ0v) is 15.2. The van der Waals surface area contributed by atoms with Gasteiger partial charge in [-0.3, -0.25) is 0 Å². The first kappa shape index (κ1) is 17.2. The monoisotopic (exact) mass is 377 g/mol. The maximum atomic E-state index is 13.6. The van der Waals surface area contributed by atoms with E-state index in [2.05, 4.69) is 15.0 Å². The quantitative estimate of drug-likeness (QED) is 0.706. The molecule has 3 N–H and O–H groups in total. The Kier molecular flexibility index (Phi) is 4.29. The Morgan fingerprint density at radius 3 is 3.04 bits per heavy atom. The van der Waals surface area contributed by atoms with Crippen LogP contribution in [0.4, 0.5) is 9.52 Å². The van der Waals surface area contributed by atoms with Crippen molar-refractivity contribution in [3.63, 3.8) is 0 Å². The number of rotatable bonds is 5. The van der Waals surface area contributed by atoms with Gasteiger partial charge in [-0.1, -0.05) is 11.3 Å². The number of imidazole rings is 1. The minimum absolute atomic E-state index is 0.0510. The molecule has 0 saturated carbocycles. The Labute approximate surface area is 153 Å². The Hall–Kier alpha value is -2.23. The molecule has 1 aliphatic rings. The average molecular weight is 377 g/mol. The van der Waals surface area contributed by atoms with Gasteiger partial charge >= 0.3 is 0 Å². The Morgan fingerprint density at radius 1 is 1.46 bits per heavy atom. The SMILES string of the molecule is CCOc1cc(F)ccc1-c1cnc2sc(N3CCC(N)(CO)C3)nn12. The first-order valence-corrected chi connectivity index (χ1v) is 9.26. The molecule has 1 saturated heterocycles. The number of nitrogens with two attached hydrogens (primary N) is 1. The van der Waals surface area contributed by atoms with Gasteiger partial charge in [0.15, 0.2) is 0 Å². The van der Waals surface area contributed by atoms with Gasteiger partial charge in [0.25, 0.3) is 0 Å². The summed E-state index contributed by atoms with van der Waals surface area (Å²) < 4.78 is 20.9. The molecule has 0 aliphatic carbocycles. The van der Waals surface area contributed by atoms with Crippen LogP contribution in [0.2, 0.25) is 0 Å². The van der Waals surface area contributed by atoms with Crippen LogP contribution in [-0.2, 0) is 0 Å². The van der Waals surface area contributed by atoms with Crippen molar-refractivity contribution >= 4 is 21.4 Å². The summed E-state index contributed by atoms with van der Waals surface area (Å²) in [6, 6.07) is 4.44. The van der Waals surface area contributed by atoms with Crippen LogP contribution < -0.4 is 15.4 Å². The number of anilines is 1. The Balaban J connectivity index is 1.72. The van der Waals surface area contributed by atoms with Gasteiger partial charge in [0, 0.05) is 24.7 Å². The molecule has 0 amide bonds. The van der Waals surface area contributed by atoms with Crippen molar-refractivity contribution in [2.45, 2.75) is 18.9 Å². The summed E-state index contributed by atoms with van der Waals surface area (Å²) in [7, 11) is 0. The summed E-state index contributed by atoms with van der Waals surface area (Å²) in [6.07, 6.45) is 2.42. The first-order valence-electron chi connectivity index (χ1n) is 8.45. The number of aromatic nitrogens is 3. The van der Waals surface area contributed by atoms with E-state index >= 15 is 0 Å². The summed E-state index contributed by atoms with van der Waals surface area (Å²) in [5, 5.41) is 14.9. The largest absolute Gasteiger partial charge is 0.493 e. The van der Waals surface area contributed by atoms with Crippen LogP contribution in [-0.4, -0.2) is 51.5 Å². The summed E-state index contributed by atoms with van der Waals surface area (Å²) in [4.78, 5) is 7.23. The van der Waals surface area contributed by atoms with Crippen LogP contribution in [0.15, 0.2) is 24.4 Å². The van der Waals surface area contributed by atoms with Gasteiger partial charge in [-0.2, -0.15) is 0 Å². The highest BCUT2D eigenvalue weighted by atomic mass is 32.1. The molecule has 4 rings (SSSR count). The lowest BCUT2D eigenvalue weighted by molar-refractivity contribution is 0.210. The number of hydrogen-bond donors (Lipinski definition) is 2. The maximum absolute atomic E-state index is 13.6. The molecule has 3 aromatic rings. The van der Waals surface area contributed by atoms with Crippen molar-refractivity contribution in [2.24, 2.45) is 5.73 Å². The van der Waals surface area contributed by atoms with Gasteiger partial charge in [-0.05, 0) is 25.5 Å². The Morgan fingerprint density at radius 2 is 2.31 bits per heavy atom. The third kappa shape index (κ3) is 2.91. The van der Waals surface area contributed by atoms with Gasteiger partial charge in [0.1, 0.15) is 11.6 Å². The summed E-state index contributed by atoms with van der Waals surface area (Å²) in [6.45, 7) is 3.54. The summed E-state index contributed by atoms with van der Waals surface area (Å²) in [5.74, 6) is 0.114. The average Bonchev–Trinajstić information content (AvgIpc) is 3.30. The van der Waals surface area contributed by atoms with E-state index in [1.54, 1.807) is 16.8 Å². The molecular weight excluding hydrogens is 357 g/mol. The fourth-order valence-corrected chi connectivity index (χ4v) is 4.07. The zero-order valence-electron chi connectivity index (χ0n) is 14.4. The van der Waals surface area contributed by atoms with E-state index in [0.29, 0.717) is 25.3 Å². The fourth-order valence-electron chi connectivity index (χ4n) is 3.16. The molecule has 138 valence electrons. The number of hydrogen-bond acceptors (Lipinski definition) is 7. The topological polar surface area (TPSA) is 88.9 Å². The molecule has 26 heavy (non-hydrogen) atoms. The molecule has 9 heteroatoms.